The summed E-state index contributed by atoms with van der Waals surface area (Å²) in [7, 11) is 0. The molecule has 0 bridgehead atoms. The van der Waals surface area contributed by atoms with E-state index in [0.717, 1.165) is 6.07 Å². The number of aromatic hydroxyl groups is 1. The molecule has 0 amide bonds. The molecule has 0 saturated heterocycles. The molecule has 0 unspecified atom stereocenters. The van der Waals surface area contributed by atoms with Crippen LogP contribution < -0.4 is 4.74 Å². The second kappa shape index (κ2) is 8.31. The highest BCUT2D eigenvalue weighted by Crippen LogP contribution is 2.39. The molecular weight excluding hydrogens is 417 g/mol. The Bertz CT molecular complexity index is 1230. The van der Waals surface area contributed by atoms with Gasteiger partial charge in [-0.2, -0.15) is 5.26 Å². The summed E-state index contributed by atoms with van der Waals surface area (Å²) in [5, 5.41) is 28.7. The summed E-state index contributed by atoms with van der Waals surface area (Å²) in [5.74, 6) is -3.31. The first-order chi connectivity index (χ1) is 14.6. The number of benzene rings is 2. The Labute approximate surface area is 172 Å². The van der Waals surface area contributed by atoms with Crippen LogP contribution >= 0.6 is 0 Å². The van der Waals surface area contributed by atoms with E-state index in [9.17, 15) is 33.1 Å². The number of aromatic nitrogens is 1. The van der Waals surface area contributed by atoms with Gasteiger partial charge in [0.1, 0.15) is 23.1 Å². The van der Waals surface area contributed by atoms with E-state index in [1.165, 1.54) is 36.4 Å². The number of rotatable bonds is 6. The second-order valence-corrected chi connectivity index (χ2v) is 6.36. The minimum Gasteiger partial charge on any atom is -0.504 e. The van der Waals surface area contributed by atoms with Crippen molar-refractivity contribution >= 4 is 22.7 Å². The predicted molar refractivity (Wildman–Crippen MR) is 101 cm³/mol. The molecule has 0 radical (unpaired) electrons. The fourth-order valence-electron chi connectivity index (χ4n) is 3.04. The zero-order valence-electron chi connectivity index (χ0n) is 15.6. The largest absolute Gasteiger partial charge is 0.573 e. The van der Waals surface area contributed by atoms with Crippen LogP contribution in [-0.4, -0.2) is 33.3 Å². The van der Waals surface area contributed by atoms with E-state index in [1.807, 2.05) is 0 Å². The quantitative estimate of drug-likeness (QED) is 0.555. The first kappa shape index (κ1) is 21.6. The Kier molecular flexibility index (Phi) is 5.79. The molecule has 0 saturated carbocycles. The Morgan fingerprint density at radius 1 is 1.06 bits per heavy atom. The number of carboxylic acid groups (broad SMARTS) is 1. The molecule has 0 fully saturated rings. The van der Waals surface area contributed by atoms with Gasteiger partial charge in [-0.3, -0.25) is 9.59 Å². The van der Waals surface area contributed by atoms with Gasteiger partial charge in [-0.25, -0.2) is 4.98 Å². The third kappa shape index (κ3) is 4.56. The molecule has 3 aromatic rings. The Morgan fingerprint density at radius 3 is 2.39 bits per heavy atom. The topological polar surface area (TPSA) is 121 Å². The van der Waals surface area contributed by atoms with E-state index in [-0.39, 0.29) is 27.6 Å². The van der Waals surface area contributed by atoms with Crippen molar-refractivity contribution in [3.63, 3.8) is 0 Å². The number of nitrogens with zero attached hydrogens (tertiary/aromatic N) is 2. The molecule has 158 valence electrons. The zero-order chi connectivity index (χ0) is 22.8. The van der Waals surface area contributed by atoms with Gasteiger partial charge in [-0.1, -0.05) is 36.4 Å². The number of fused-ring (bicyclic) bond motifs is 1. The summed E-state index contributed by atoms with van der Waals surface area (Å²) in [4.78, 5) is 27.3. The molecule has 3 rings (SSSR count). The maximum atomic E-state index is 12.8. The molecule has 1 aromatic heterocycles. The van der Waals surface area contributed by atoms with Crippen LogP contribution in [0.25, 0.3) is 22.0 Å². The van der Waals surface area contributed by atoms with Crippen LogP contribution in [0, 0.1) is 11.3 Å². The standard InChI is InChI=1S/C21H13F3N2O5/c22-21(23,24)31-16-7-2-1-4-11(16)12-5-3-6-13-14(10-25)20(30)19(26-18(12)13)15(27)8-9-17(28)29/h1-7,30H,8-9H2,(H,28,29). The third-order valence-electron chi connectivity index (χ3n) is 4.33. The van der Waals surface area contributed by atoms with E-state index in [0.29, 0.717) is 0 Å². The normalized spacial score (nSPS) is 11.2. The molecule has 0 aliphatic rings. The lowest BCUT2D eigenvalue weighted by Crippen LogP contribution is -2.17. The molecule has 0 spiro atoms. The van der Waals surface area contributed by atoms with Gasteiger partial charge < -0.3 is 14.9 Å². The number of carbonyl (C=O) groups excluding carboxylic acids is 1. The first-order valence-electron chi connectivity index (χ1n) is 8.78. The Hall–Kier alpha value is -4.13. The maximum Gasteiger partial charge on any atom is 0.573 e. The van der Waals surface area contributed by atoms with Crippen LogP contribution in [0.1, 0.15) is 28.9 Å². The zero-order valence-corrected chi connectivity index (χ0v) is 15.6. The molecule has 10 heteroatoms. The van der Waals surface area contributed by atoms with Crippen molar-refractivity contribution in [2.75, 3.05) is 0 Å². The van der Waals surface area contributed by atoms with E-state index in [4.69, 9.17) is 5.11 Å². The van der Waals surface area contributed by atoms with Gasteiger partial charge in [0.25, 0.3) is 0 Å². The van der Waals surface area contributed by atoms with Crippen LogP contribution in [0.3, 0.4) is 0 Å². The van der Waals surface area contributed by atoms with Crippen molar-refractivity contribution < 1.29 is 37.7 Å². The Morgan fingerprint density at radius 2 is 1.74 bits per heavy atom. The van der Waals surface area contributed by atoms with Gasteiger partial charge in [-0.15, -0.1) is 13.2 Å². The van der Waals surface area contributed by atoms with E-state index < -0.39 is 48.1 Å². The average molecular weight is 430 g/mol. The first-order valence-corrected chi connectivity index (χ1v) is 8.78. The van der Waals surface area contributed by atoms with Crippen molar-refractivity contribution in [1.29, 1.82) is 5.26 Å². The molecule has 0 atom stereocenters. The summed E-state index contributed by atoms with van der Waals surface area (Å²) >= 11 is 0. The fraction of sp³-hybridized carbons (Fsp3) is 0.143. The van der Waals surface area contributed by atoms with Crippen LogP contribution in [0.5, 0.6) is 11.5 Å². The van der Waals surface area contributed by atoms with Gasteiger partial charge >= 0.3 is 12.3 Å². The number of pyridine rings is 1. The number of aliphatic carboxylic acids is 1. The molecule has 0 aliphatic carbocycles. The van der Waals surface area contributed by atoms with Crippen LogP contribution in [-0.2, 0) is 4.79 Å². The number of hydrogen-bond donors (Lipinski definition) is 2. The fourth-order valence-corrected chi connectivity index (χ4v) is 3.04. The highest BCUT2D eigenvalue weighted by molar-refractivity contribution is 6.05. The lowest BCUT2D eigenvalue weighted by Gasteiger charge is -2.15. The third-order valence-corrected chi connectivity index (χ3v) is 4.33. The smallest absolute Gasteiger partial charge is 0.504 e. The summed E-state index contributed by atoms with van der Waals surface area (Å²) in [6, 6.07) is 11.3. The molecule has 0 aliphatic heterocycles. The highest BCUT2D eigenvalue weighted by atomic mass is 19.4. The van der Waals surface area contributed by atoms with Crippen molar-refractivity contribution in [2.24, 2.45) is 0 Å². The van der Waals surface area contributed by atoms with Crippen LogP contribution in [0.4, 0.5) is 13.2 Å². The van der Waals surface area contributed by atoms with Crippen LogP contribution in [0.2, 0.25) is 0 Å². The number of para-hydroxylation sites is 2. The Balaban J connectivity index is 2.27. The van der Waals surface area contributed by atoms with Gasteiger partial charge in [0.2, 0.25) is 0 Å². The van der Waals surface area contributed by atoms with Crippen molar-refractivity contribution in [3.8, 4) is 28.7 Å². The second-order valence-electron chi connectivity index (χ2n) is 6.36. The number of carbonyl (C=O) groups is 2. The van der Waals surface area contributed by atoms with Gasteiger partial charge in [-0.05, 0) is 6.07 Å². The van der Waals surface area contributed by atoms with Gasteiger partial charge in [0.15, 0.2) is 11.5 Å². The minimum atomic E-state index is -4.96. The summed E-state index contributed by atoms with van der Waals surface area (Å²) < 4.78 is 42.6. The monoisotopic (exact) mass is 430 g/mol. The maximum absolute atomic E-state index is 12.8. The molecule has 7 nitrogen and oxygen atoms in total. The average Bonchev–Trinajstić information content (AvgIpc) is 2.70. The van der Waals surface area contributed by atoms with E-state index >= 15 is 0 Å². The number of alkyl halides is 3. The van der Waals surface area contributed by atoms with Crippen molar-refractivity contribution in [3.05, 3.63) is 53.7 Å². The number of ketones is 1. The molecule has 2 N–H and O–H groups in total. The van der Waals surface area contributed by atoms with Crippen LogP contribution in [0.15, 0.2) is 42.5 Å². The number of Topliss-reactive ketones (excluding diaryl/α,β-unsaturated/α-hetero) is 1. The summed E-state index contributed by atoms with van der Waals surface area (Å²) in [5.41, 5.74) is -0.738. The lowest BCUT2D eigenvalue weighted by atomic mass is 9.97. The van der Waals surface area contributed by atoms with Gasteiger partial charge in [0.05, 0.1) is 11.9 Å². The molecule has 31 heavy (non-hydrogen) atoms. The molecule has 2 aromatic carbocycles. The molecule has 1 heterocycles. The van der Waals surface area contributed by atoms with E-state index in [2.05, 4.69) is 9.72 Å². The van der Waals surface area contributed by atoms with Gasteiger partial charge in [0, 0.05) is 22.9 Å². The SMILES string of the molecule is N#Cc1c(O)c(C(=O)CCC(=O)O)nc2c(-c3ccccc3OC(F)(F)F)cccc12. The van der Waals surface area contributed by atoms with Crippen molar-refractivity contribution in [1.82, 2.24) is 4.98 Å². The summed E-state index contributed by atoms with van der Waals surface area (Å²) in [6.07, 6.45) is -5.96. The van der Waals surface area contributed by atoms with E-state index in [1.54, 1.807) is 6.07 Å². The number of halogens is 3. The molecular formula is C21H13F3N2O5. The predicted octanol–water partition coefficient (Wildman–Crippen LogP) is 4.43. The summed E-state index contributed by atoms with van der Waals surface area (Å²) in [6.45, 7) is 0. The minimum absolute atomic E-state index is 0.00330. The number of ether oxygens (including phenoxy) is 1. The highest BCUT2D eigenvalue weighted by Gasteiger charge is 2.32. The lowest BCUT2D eigenvalue weighted by molar-refractivity contribution is -0.274. The number of nitriles is 1. The number of hydrogen-bond acceptors (Lipinski definition) is 6. The number of carboxylic acids is 1. The van der Waals surface area contributed by atoms with Crippen molar-refractivity contribution in [2.45, 2.75) is 19.2 Å².